The normalized spacial score (nSPS) is 17.5. The highest BCUT2D eigenvalue weighted by atomic mass is 32.2. The van der Waals surface area contributed by atoms with Crippen molar-refractivity contribution in [3.63, 3.8) is 0 Å². The maximum Gasteiger partial charge on any atom is 0.267 e. The summed E-state index contributed by atoms with van der Waals surface area (Å²) < 4.78 is 29.9. The SMILES string of the molecule is CC(/C=C/N)CCC(C)S(=O)(=O)O. The Morgan fingerprint density at radius 3 is 2.31 bits per heavy atom. The molecule has 0 spiro atoms. The van der Waals surface area contributed by atoms with Gasteiger partial charge in [0.1, 0.15) is 0 Å². The Hall–Kier alpha value is -0.550. The Balaban J connectivity index is 3.90. The molecule has 0 aliphatic carbocycles. The summed E-state index contributed by atoms with van der Waals surface area (Å²) in [7, 11) is -3.87. The zero-order valence-corrected chi connectivity index (χ0v) is 8.79. The first-order chi connectivity index (χ1) is 5.88. The molecule has 13 heavy (non-hydrogen) atoms. The lowest BCUT2D eigenvalue weighted by Gasteiger charge is -2.09. The largest absolute Gasteiger partial charge is 0.405 e. The van der Waals surface area contributed by atoms with E-state index >= 15 is 0 Å². The van der Waals surface area contributed by atoms with Crippen molar-refractivity contribution >= 4 is 10.1 Å². The highest BCUT2D eigenvalue weighted by molar-refractivity contribution is 7.86. The molecule has 0 saturated carbocycles. The molecule has 2 atom stereocenters. The first-order valence-electron chi connectivity index (χ1n) is 4.22. The van der Waals surface area contributed by atoms with Gasteiger partial charge in [-0.15, -0.1) is 0 Å². The third kappa shape index (κ3) is 5.65. The molecule has 4 nitrogen and oxygen atoms in total. The average Bonchev–Trinajstić information content (AvgIpc) is 1.99. The summed E-state index contributed by atoms with van der Waals surface area (Å²) in [5.74, 6) is 0.245. The van der Waals surface area contributed by atoms with Crippen molar-refractivity contribution in [2.75, 3.05) is 0 Å². The molecule has 0 fully saturated rings. The molecule has 0 rings (SSSR count). The van der Waals surface area contributed by atoms with Crippen molar-refractivity contribution in [1.82, 2.24) is 0 Å². The molecule has 0 aliphatic heterocycles. The van der Waals surface area contributed by atoms with E-state index in [1.165, 1.54) is 13.1 Å². The van der Waals surface area contributed by atoms with Crippen molar-refractivity contribution < 1.29 is 13.0 Å². The summed E-state index contributed by atoms with van der Waals surface area (Å²) >= 11 is 0. The minimum absolute atomic E-state index is 0.245. The van der Waals surface area contributed by atoms with Crippen LogP contribution in [0.25, 0.3) is 0 Å². The Kier molecular flexibility index (Phi) is 5.02. The maximum absolute atomic E-state index is 10.6. The van der Waals surface area contributed by atoms with Gasteiger partial charge in [-0.25, -0.2) is 0 Å². The van der Waals surface area contributed by atoms with Crippen LogP contribution in [0.5, 0.6) is 0 Å². The van der Waals surface area contributed by atoms with Crippen LogP contribution < -0.4 is 5.73 Å². The van der Waals surface area contributed by atoms with Crippen LogP contribution in [-0.4, -0.2) is 18.2 Å². The molecular weight excluding hydrogens is 190 g/mol. The van der Waals surface area contributed by atoms with Gasteiger partial charge in [0.2, 0.25) is 0 Å². The van der Waals surface area contributed by atoms with Crippen LogP contribution in [0.15, 0.2) is 12.3 Å². The van der Waals surface area contributed by atoms with Gasteiger partial charge >= 0.3 is 0 Å². The molecule has 0 aliphatic rings. The fourth-order valence-corrected chi connectivity index (χ4v) is 1.37. The van der Waals surface area contributed by atoms with E-state index in [-0.39, 0.29) is 5.92 Å². The molecule has 0 saturated heterocycles. The van der Waals surface area contributed by atoms with Gasteiger partial charge in [-0.2, -0.15) is 8.42 Å². The highest BCUT2D eigenvalue weighted by Gasteiger charge is 2.17. The monoisotopic (exact) mass is 207 g/mol. The minimum atomic E-state index is -3.87. The Bertz CT molecular complexity index is 259. The van der Waals surface area contributed by atoms with Gasteiger partial charge < -0.3 is 5.73 Å². The van der Waals surface area contributed by atoms with Gasteiger partial charge in [0.15, 0.2) is 0 Å². The number of rotatable bonds is 5. The quantitative estimate of drug-likeness (QED) is 0.663. The minimum Gasteiger partial charge on any atom is -0.405 e. The van der Waals surface area contributed by atoms with E-state index in [4.69, 9.17) is 10.3 Å². The van der Waals surface area contributed by atoms with Gasteiger partial charge in [-0.3, -0.25) is 4.55 Å². The fourth-order valence-electron chi connectivity index (χ4n) is 0.932. The molecule has 2 unspecified atom stereocenters. The second-order valence-electron chi connectivity index (χ2n) is 3.27. The van der Waals surface area contributed by atoms with E-state index < -0.39 is 15.4 Å². The van der Waals surface area contributed by atoms with Crippen LogP contribution in [0, 0.1) is 5.92 Å². The molecule has 0 radical (unpaired) electrons. The first kappa shape index (κ1) is 12.4. The number of hydrogen-bond donors (Lipinski definition) is 2. The Morgan fingerprint density at radius 2 is 1.92 bits per heavy atom. The molecule has 0 aromatic carbocycles. The Morgan fingerprint density at radius 1 is 1.38 bits per heavy atom. The predicted octanol–water partition coefficient (Wildman–Crippen LogP) is 1.15. The van der Waals surface area contributed by atoms with Gasteiger partial charge in [0.05, 0.1) is 5.25 Å². The standard InChI is InChI=1S/C8H17NO3S/c1-7(5-6-9)3-4-8(2)13(10,11)12/h5-8H,3-4,9H2,1-2H3,(H,10,11,12)/b6-5+. The van der Waals surface area contributed by atoms with E-state index in [9.17, 15) is 8.42 Å². The second-order valence-corrected chi connectivity index (χ2v) is 5.10. The zero-order chi connectivity index (χ0) is 10.5. The van der Waals surface area contributed by atoms with Gasteiger partial charge in [-0.1, -0.05) is 13.0 Å². The maximum atomic E-state index is 10.6. The lowest BCUT2D eigenvalue weighted by Crippen LogP contribution is -2.17. The Labute approximate surface area is 79.6 Å². The van der Waals surface area contributed by atoms with Crippen molar-refractivity contribution in [1.29, 1.82) is 0 Å². The van der Waals surface area contributed by atoms with Crippen LogP contribution in [0.1, 0.15) is 26.7 Å². The molecule has 0 aromatic heterocycles. The third-order valence-electron chi connectivity index (χ3n) is 1.98. The zero-order valence-electron chi connectivity index (χ0n) is 7.97. The number of nitrogens with two attached hydrogens (primary N) is 1. The molecule has 0 heterocycles. The molecule has 0 bridgehead atoms. The number of hydrogen-bond acceptors (Lipinski definition) is 3. The molecule has 5 heteroatoms. The molecule has 0 aromatic rings. The second kappa shape index (κ2) is 5.24. The number of allylic oxidation sites excluding steroid dienone is 1. The van der Waals surface area contributed by atoms with Crippen LogP contribution in [-0.2, 0) is 10.1 Å². The average molecular weight is 207 g/mol. The molecule has 3 N–H and O–H groups in total. The molecular formula is C8H17NO3S. The summed E-state index contributed by atoms with van der Waals surface area (Å²) in [4.78, 5) is 0. The van der Waals surface area contributed by atoms with Crippen molar-refractivity contribution in [3.8, 4) is 0 Å². The van der Waals surface area contributed by atoms with Crippen LogP contribution in [0.4, 0.5) is 0 Å². The highest BCUT2D eigenvalue weighted by Crippen LogP contribution is 2.12. The van der Waals surface area contributed by atoms with Gasteiger partial charge in [0, 0.05) is 0 Å². The van der Waals surface area contributed by atoms with E-state index in [1.807, 2.05) is 6.92 Å². The summed E-state index contributed by atoms with van der Waals surface area (Å²) in [5.41, 5.74) is 5.17. The van der Waals surface area contributed by atoms with E-state index in [0.29, 0.717) is 12.8 Å². The van der Waals surface area contributed by atoms with Crippen LogP contribution >= 0.6 is 0 Å². The van der Waals surface area contributed by atoms with Crippen molar-refractivity contribution in [2.24, 2.45) is 11.7 Å². The van der Waals surface area contributed by atoms with Gasteiger partial charge in [0.25, 0.3) is 10.1 Å². The lowest BCUT2D eigenvalue weighted by molar-refractivity contribution is 0.459. The topological polar surface area (TPSA) is 80.4 Å². The fraction of sp³-hybridized carbons (Fsp3) is 0.750. The molecule has 78 valence electrons. The first-order valence-corrected chi connectivity index (χ1v) is 5.73. The van der Waals surface area contributed by atoms with E-state index in [0.717, 1.165) is 0 Å². The van der Waals surface area contributed by atoms with Crippen molar-refractivity contribution in [2.45, 2.75) is 31.9 Å². The van der Waals surface area contributed by atoms with E-state index in [1.54, 1.807) is 6.08 Å². The summed E-state index contributed by atoms with van der Waals surface area (Å²) in [6.07, 6.45) is 4.40. The van der Waals surface area contributed by atoms with Gasteiger partial charge in [-0.05, 0) is 31.9 Å². The molecule has 0 amide bonds. The summed E-state index contributed by atoms with van der Waals surface area (Å²) in [6.45, 7) is 3.44. The smallest absolute Gasteiger partial charge is 0.267 e. The van der Waals surface area contributed by atoms with Crippen LogP contribution in [0.2, 0.25) is 0 Å². The summed E-state index contributed by atoms with van der Waals surface area (Å²) in [5, 5.41) is -0.693. The lowest BCUT2D eigenvalue weighted by atomic mass is 10.0. The van der Waals surface area contributed by atoms with Crippen molar-refractivity contribution in [3.05, 3.63) is 12.3 Å². The summed E-state index contributed by atoms with van der Waals surface area (Å²) in [6, 6.07) is 0. The predicted molar refractivity (Wildman–Crippen MR) is 52.7 cm³/mol. The van der Waals surface area contributed by atoms with Crippen LogP contribution in [0.3, 0.4) is 0 Å². The third-order valence-corrected chi connectivity index (χ3v) is 3.23. The van der Waals surface area contributed by atoms with E-state index in [2.05, 4.69) is 0 Å².